The highest BCUT2D eigenvalue weighted by atomic mass is 19.1. The molecule has 6 heteroatoms. The number of amides is 1. The summed E-state index contributed by atoms with van der Waals surface area (Å²) in [6, 6.07) is 17.8. The average molecular weight is 495 g/mol. The number of halogens is 1. The molecule has 4 atom stereocenters. The van der Waals surface area contributed by atoms with Crippen LogP contribution in [0.25, 0.3) is 6.08 Å². The molecule has 37 heavy (non-hydrogen) atoms. The van der Waals surface area contributed by atoms with Crippen molar-refractivity contribution in [1.82, 2.24) is 0 Å². The standard InChI is InChI=1S/C31H27FN2O3/c1-3-6-19-9-11-20(12-10-19)29(36)27-28(18(2)35)34-25-15-14-22(32)17-21(25)13-16-26(34)31(27)23-7-4-5-8-24(23)33-30(31)37/h4-5,7-17,26-28H,3,6H2,1-2H3,(H,33,37). The molecular formula is C31H27FN2O3. The van der Waals surface area contributed by atoms with Gasteiger partial charge in [0.15, 0.2) is 11.6 Å². The lowest BCUT2D eigenvalue weighted by Gasteiger charge is -2.37. The van der Waals surface area contributed by atoms with Crippen LogP contribution in [-0.2, 0) is 21.4 Å². The van der Waals surface area contributed by atoms with E-state index in [0.29, 0.717) is 28.1 Å². The summed E-state index contributed by atoms with van der Waals surface area (Å²) in [5, 5.41) is 2.99. The number of benzene rings is 3. The maximum absolute atomic E-state index is 14.4. The first-order chi connectivity index (χ1) is 17.9. The Kier molecular flexibility index (Phi) is 5.37. The highest BCUT2D eigenvalue weighted by Gasteiger charge is 2.69. The van der Waals surface area contributed by atoms with E-state index >= 15 is 0 Å². The molecule has 0 aliphatic carbocycles. The molecule has 1 N–H and O–H groups in total. The van der Waals surface area contributed by atoms with Crippen LogP contribution in [-0.4, -0.2) is 29.6 Å². The highest BCUT2D eigenvalue weighted by Crippen LogP contribution is 2.57. The van der Waals surface area contributed by atoms with Gasteiger partial charge in [-0.05, 0) is 48.7 Å². The van der Waals surface area contributed by atoms with Gasteiger partial charge in [0.1, 0.15) is 11.2 Å². The van der Waals surface area contributed by atoms with Gasteiger partial charge in [0.2, 0.25) is 5.91 Å². The highest BCUT2D eigenvalue weighted by molar-refractivity contribution is 6.16. The normalized spacial score (nSPS) is 25.0. The Morgan fingerprint density at radius 3 is 2.54 bits per heavy atom. The third-order valence-corrected chi connectivity index (χ3v) is 8.07. The number of aryl methyl sites for hydroxylation is 1. The fourth-order valence-electron chi connectivity index (χ4n) is 6.61. The second kappa shape index (κ2) is 8.51. The van der Waals surface area contributed by atoms with Gasteiger partial charge >= 0.3 is 0 Å². The molecule has 1 fully saturated rings. The molecule has 1 saturated heterocycles. The van der Waals surface area contributed by atoms with Gasteiger partial charge in [-0.15, -0.1) is 0 Å². The van der Waals surface area contributed by atoms with Gasteiger partial charge in [0.25, 0.3) is 0 Å². The zero-order valence-electron chi connectivity index (χ0n) is 20.7. The first-order valence-corrected chi connectivity index (χ1v) is 12.7. The van der Waals surface area contributed by atoms with Gasteiger partial charge in [-0.1, -0.05) is 68.0 Å². The number of nitrogens with one attached hydrogen (secondary N) is 1. The monoisotopic (exact) mass is 494 g/mol. The van der Waals surface area contributed by atoms with E-state index < -0.39 is 23.4 Å². The number of hydrogen-bond donors (Lipinski definition) is 1. The van der Waals surface area contributed by atoms with Gasteiger partial charge < -0.3 is 10.2 Å². The maximum Gasteiger partial charge on any atom is 0.238 e. The molecule has 0 bridgehead atoms. The summed E-state index contributed by atoms with van der Waals surface area (Å²) in [6.45, 7) is 3.56. The van der Waals surface area contributed by atoms with Gasteiger partial charge in [-0.2, -0.15) is 0 Å². The van der Waals surface area contributed by atoms with Crippen molar-refractivity contribution >= 4 is 34.9 Å². The molecule has 3 heterocycles. The molecule has 1 spiro atoms. The van der Waals surface area contributed by atoms with E-state index in [4.69, 9.17) is 0 Å². The van der Waals surface area contributed by atoms with Crippen molar-refractivity contribution in [3.8, 4) is 0 Å². The summed E-state index contributed by atoms with van der Waals surface area (Å²) in [6.07, 6.45) is 5.53. The predicted octanol–water partition coefficient (Wildman–Crippen LogP) is 5.34. The van der Waals surface area contributed by atoms with Gasteiger partial charge in [0, 0.05) is 22.5 Å². The number of rotatable bonds is 5. The van der Waals surface area contributed by atoms with Gasteiger partial charge in [-0.3, -0.25) is 14.4 Å². The third kappa shape index (κ3) is 3.24. The van der Waals surface area contributed by atoms with Crippen LogP contribution in [0.5, 0.6) is 0 Å². The molecule has 3 aliphatic rings. The van der Waals surface area contributed by atoms with Crippen LogP contribution in [0.2, 0.25) is 0 Å². The molecule has 3 aromatic carbocycles. The summed E-state index contributed by atoms with van der Waals surface area (Å²) in [7, 11) is 0. The molecule has 3 aromatic rings. The second-order valence-electron chi connectivity index (χ2n) is 10.1. The number of ketones is 2. The minimum Gasteiger partial charge on any atom is -0.352 e. The largest absolute Gasteiger partial charge is 0.352 e. The van der Waals surface area contributed by atoms with E-state index in [-0.39, 0.29) is 23.3 Å². The van der Waals surface area contributed by atoms with E-state index in [9.17, 15) is 18.8 Å². The number of fused-ring (bicyclic) bond motifs is 6. The van der Waals surface area contributed by atoms with Crippen molar-refractivity contribution in [2.24, 2.45) is 5.92 Å². The Balaban J connectivity index is 1.60. The summed E-state index contributed by atoms with van der Waals surface area (Å²) in [5.41, 5.74) is 2.87. The Morgan fingerprint density at radius 2 is 1.81 bits per heavy atom. The predicted molar refractivity (Wildman–Crippen MR) is 141 cm³/mol. The minimum atomic E-state index is -1.32. The summed E-state index contributed by atoms with van der Waals surface area (Å²) < 4.78 is 14.1. The number of hydrogen-bond acceptors (Lipinski definition) is 4. The van der Waals surface area contributed by atoms with Crippen LogP contribution in [0, 0.1) is 11.7 Å². The molecule has 0 radical (unpaired) electrons. The Labute approximate surface area is 215 Å². The number of carbonyl (C=O) groups is 3. The Hall–Kier alpha value is -4.06. The minimum absolute atomic E-state index is 0.217. The number of carbonyl (C=O) groups excluding carboxylic acids is 3. The van der Waals surface area contributed by atoms with Crippen LogP contribution in [0.15, 0.2) is 72.8 Å². The van der Waals surface area contributed by atoms with Crippen molar-refractivity contribution in [2.45, 2.75) is 44.2 Å². The molecule has 0 saturated carbocycles. The van der Waals surface area contributed by atoms with E-state index in [0.717, 1.165) is 18.4 Å². The average Bonchev–Trinajstić information content (AvgIpc) is 3.37. The molecule has 186 valence electrons. The molecule has 0 aromatic heterocycles. The summed E-state index contributed by atoms with van der Waals surface area (Å²) >= 11 is 0. The first-order valence-electron chi connectivity index (χ1n) is 12.7. The number of anilines is 2. The van der Waals surface area contributed by atoms with Crippen LogP contribution in [0.3, 0.4) is 0 Å². The fourth-order valence-corrected chi connectivity index (χ4v) is 6.61. The molecule has 6 rings (SSSR count). The lowest BCUT2D eigenvalue weighted by Crippen LogP contribution is -2.51. The number of para-hydroxylation sites is 1. The van der Waals surface area contributed by atoms with Crippen LogP contribution < -0.4 is 10.2 Å². The van der Waals surface area contributed by atoms with Crippen molar-refractivity contribution in [1.29, 1.82) is 0 Å². The molecule has 3 aliphatic heterocycles. The molecule has 5 nitrogen and oxygen atoms in total. The quantitative estimate of drug-likeness (QED) is 0.486. The van der Waals surface area contributed by atoms with Crippen molar-refractivity contribution in [3.63, 3.8) is 0 Å². The smallest absolute Gasteiger partial charge is 0.238 e. The molecular weight excluding hydrogens is 467 g/mol. The third-order valence-electron chi connectivity index (χ3n) is 8.07. The fraction of sp³-hybridized carbons (Fsp3) is 0.258. The number of Topliss-reactive ketones (excluding diaryl/α,β-unsaturated/α-hetero) is 2. The van der Waals surface area contributed by atoms with Crippen molar-refractivity contribution < 1.29 is 18.8 Å². The SMILES string of the molecule is CCCc1ccc(C(=O)C2C(C(C)=O)N3c4ccc(F)cc4C=CC3C23C(=O)Nc2ccccc23)cc1. The number of nitrogens with zero attached hydrogens (tertiary/aromatic N) is 1. The lowest BCUT2D eigenvalue weighted by atomic mass is 9.64. The zero-order valence-corrected chi connectivity index (χ0v) is 20.7. The summed E-state index contributed by atoms with van der Waals surface area (Å²) in [4.78, 5) is 43.7. The van der Waals surface area contributed by atoms with E-state index in [1.165, 1.54) is 19.1 Å². The summed E-state index contributed by atoms with van der Waals surface area (Å²) in [5.74, 6) is -2.13. The van der Waals surface area contributed by atoms with E-state index in [1.807, 2.05) is 47.4 Å². The van der Waals surface area contributed by atoms with Gasteiger partial charge in [0.05, 0.1) is 18.0 Å². The van der Waals surface area contributed by atoms with Crippen molar-refractivity contribution in [2.75, 3.05) is 10.2 Å². The van der Waals surface area contributed by atoms with E-state index in [1.54, 1.807) is 24.3 Å². The second-order valence-corrected chi connectivity index (χ2v) is 10.1. The van der Waals surface area contributed by atoms with Gasteiger partial charge in [-0.25, -0.2) is 4.39 Å². The van der Waals surface area contributed by atoms with E-state index in [2.05, 4.69) is 12.2 Å². The van der Waals surface area contributed by atoms with Crippen LogP contribution >= 0.6 is 0 Å². The molecule has 4 unspecified atom stereocenters. The maximum atomic E-state index is 14.4. The Bertz CT molecular complexity index is 1480. The first kappa shape index (κ1) is 23.3. The van der Waals surface area contributed by atoms with Crippen molar-refractivity contribution in [3.05, 3.63) is 101 Å². The van der Waals surface area contributed by atoms with Crippen LogP contribution in [0.4, 0.5) is 15.8 Å². The topological polar surface area (TPSA) is 66.5 Å². The Morgan fingerprint density at radius 1 is 1.05 bits per heavy atom. The zero-order chi connectivity index (χ0) is 25.9. The van der Waals surface area contributed by atoms with Crippen LogP contribution in [0.1, 0.15) is 47.3 Å². The lowest BCUT2D eigenvalue weighted by molar-refractivity contribution is -0.122. The molecule has 1 amide bonds.